The summed E-state index contributed by atoms with van der Waals surface area (Å²) in [6.45, 7) is 4.46. The van der Waals surface area contributed by atoms with Gasteiger partial charge in [-0.25, -0.2) is 13.2 Å². The first kappa shape index (κ1) is 22.9. The number of hydrogen-bond donors (Lipinski definition) is 2. The van der Waals surface area contributed by atoms with Gasteiger partial charge in [-0.15, -0.1) is 0 Å². The molecule has 0 radical (unpaired) electrons. The molecule has 33 heavy (non-hydrogen) atoms. The van der Waals surface area contributed by atoms with Crippen molar-refractivity contribution in [3.63, 3.8) is 0 Å². The number of rotatable bonds is 6. The van der Waals surface area contributed by atoms with Crippen LogP contribution in [0, 0.1) is 6.92 Å². The predicted octanol–water partition coefficient (Wildman–Crippen LogP) is 4.47. The van der Waals surface area contributed by atoms with Gasteiger partial charge >= 0.3 is 5.97 Å². The number of aryl methyl sites for hydroxylation is 1. The van der Waals surface area contributed by atoms with E-state index in [0.717, 1.165) is 11.3 Å². The minimum atomic E-state index is -3.83. The van der Waals surface area contributed by atoms with E-state index in [0.29, 0.717) is 36.9 Å². The van der Waals surface area contributed by atoms with Crippen molar-refractivity contribution in [3.8, 4) is 0 Å². The molecule has 0 atom stereocenters. The summed E-state index contributed by atoms with van der Waals surface area (Å²) in [6, 6.07) is 18.7. The van der Waals surface area contributed by atoms with Crippen LogP contribution in [-0.2, 0) is 10.0 Å². The fourth-order valence-electron chi connectivity index (χ4n) is 3.87. The summed E-state index contributed by atoms with van der Waals surface area (Å²) in [7, 11) is -3.83. The number of para-hydroxylation sites is 1. The third-order valence-corrected chi connectivity index (χ3v) is 7.34. The molecule has 1 aliphatic rings. The number of nitrogens with zero attached hydrogens (tertiary/aromatic N) is 2. The summed E-state index contributed by atoms with van der Waals surface area (Å²) in [4.78, 5) is 16.3. The van der Waals surface area contributed by atoms with E-state index < -0.39 is 16.0 Å². The lowest BCUT2D eigenvalue weighted by Crippen LogP contribution is -2.47. The molecule has 3 aromatic carbocycles. The Bertz CT molecular complexity index is 1270. The number of sulfonamides is 1. The largest absolute Gasteiger partial charge is 0.478 e. The SMILES string of the molecule is Cc1ccc(S(=O)(=O)Nc2ccc(N3CCN(c4ccccc4Cl)CC3)c(C(=O)O)c2)cc1. The molecule has 3 aromatic rings. The monoisotopic (exact) mass is 485 g/mol. The van der Waals surface area contributed by atoms with Crippen molar-refractivity contribution in [1.82, 2.24) is 0 Å². The summed E-state index contributed by atoms with van der Waals surface area (Å²) >= 11 is 6.31. The van der Waals surface area contributed by atoms with Crippen molar-refractivity contribution < 1.29 is 18.3 Å². The number of anilines is 3. The third kappa shape index (κ3) is 5.07. The summed E-state index contributed by atoms with van der Waals surface area (Å²) in [6.07, 6.45) is 0. The number of piperazine rings is 1. The third-order valence-electron chi connectivity index (χ3n) is 5.62. The van der Waals surface area contributed by atoms with E-state index in [-0.39, 0.29) is 16.1 Å². The Hall–Kier alpha value is -3.23. The average molecular weight is 486 g/mol. The molecule has 9 heteroatoms. The van der Waals surface area contributed by atoms with Gasteiger partial charge in [0.15, 0.2) is 0 Å². The van der Waals surface area contributed by atoms with Crippen LogP contribution >= 0.6 is 11.6 Å². The summed E-state index contributed by atoms with van der Waals surface area (Å²) in [5.41, 5.74) is 2.70. The molecule has 1 heterocycles. The molecule has 0 saturated carbocycles. The summed E-state index contributed by atoms with van der Waals surface area (Å²) < 4.78 is 27.9. The van der Waals surface area contributed by atoms with Crippen molar-refractivity contribution >= 4 is 44.7 Å². The molecule has 0 bridgehead atoms. The van der Waals surface area contributed by atoms with Gasteiger partial charge in [0.25, 0.3) is 10.0 Å². The number of halogens is 1. The molecule has 1 fully saturated rings. The Balaban J connectivity index is 1.53. The van der Waals surface area contributed by atoms with Crippen molar-refractivity contribution in [2.45, 2.75) is 11.8 Å². The van der Waals surface area contributed by atoms with Gasteiger partial charge in [-0.05, 0) is 49.4 Å². The Morgan fingerprint density at radius 3 is 2.12 bits per heavy atom. The Morgan fingerprint density at radius 2 is 1.52 bits per heavy atom. The first-order chi connectivity index (χ1) is 15.7. The quantitative estimate of drug-likeness (QED) is 0.535. The van der Waals surface area contributed by atoms with Gasteiger partial charge in [-0.1, -0.05) is 41.4 Å². The topological polar surface area (TPSA) is 90.0 Å². The van der Waals surface area contributed by atoms with Crippen LogP contribution in [0.3, 0.4) is 0 Å². The zero-order chi connectivity index (χ0) is 23.6. The second kappa shape index (κ2) is 9.33. The highest BCUT2D eigenvalue weighted by molar-refractivity contribution is 7.92. The highest BCUT2D eigenvalue weighted by Gasteiger charge is 2.24. The molecule has 1 saturated heterocycles. The van der Waals surface area contributed by atoms with E-state index >= 15 is 0 Å². The number of carboxylic acids is 1. The minimum absolute atomic E-state index is 0.0466. The maximum atomic E-state index is 12.7. The first-order valence-corrected chi connectivity index (χ1v) is 12.3. The number of benzene rings is 3. The lowest BCUT2D eigenvalue weighted by Gasteiger charge is -2.38. The maximum Gasteiger partial charge on any atom is 0.337 e. The molecule has 7 nitrogen and oxygen atoms in total. The normalized spacial score (nSPS) is 14.2. The zero-order valence-electron chi connectivity index (χ0n) is 18.0. The van der Waals surface area contributed by atoms with E-state index in [1.54, 1.807) is 24.3 Å². The average Bonchev–Trinajstić information content (AvgIpc) is 2.79. The van der Waals surface area contributed by atoms with Crippen LogP contribution < -0.4 is 14.5 Å². The minimum Gasteiger partial charge on any atom is -0.478 e. The van der Waals surface area contributed by atoms with Crippen LogP contribution in [0.1, 0.15) is 15.9 Å². The Morgan fingerprint density at radius 1 is 0.909 bits per heavy atom. The number of carboxylic acid groups (broad SMARTS) is 1. The van der Waals surface area contributed by atoms with E-state index in [2.05, 4.69) is 9.62 Å². The Labute approximate surface area is 198 Å². The molecule has 0 spiro atoms. The van der Waals surface area contributed by atoms with Gasteiger partial charge in [0.05, 0.1) is 26.9 Å². The van der Waals surface area contributed by atoms with Crippen LogP contribution in [-0.4, -0.2) is 45.7 Å². The van der Waals surface area contributed by atoms with Crippen LogP contribution in [0.15, 0.2) is 71.6 Å². The fraction of sp³-hybridized carbons (Fsp3) is 0.208. The van der Waals surface area contributed by atoms with Gasteiger partial charge in [0.1, 0.15) is 0 Å². The van der Waals surface area contributed by atoms with Crippen molar-refractivity contribution in [2.24, 2.45) is 0 Å². The molecule has 172 valence electrons. The van der Waals surface area contributed by atoms with E-state index in [1.165, 1.54) is 18.2 Å². The van der Waals surface area contributed by atoms with Crippen LogP contribution in [0.5, 0.6) is 0 Å². The molecule has 2 N–H and O–H groups in total. The zero-order valence-corrected chi connectivity index (χ0v) is 19.6. The molecule has 0 aliphatic carbocycles. The standard InChI is InChI=1S/C24H24ClN3O4S/c1-17-6-9-19(10-7-17)33(31,32)26-18-8-11-22(20(16-18)24(29)30)27-12-14-28(15-13-27)23-5-3-2-4-21(23)25/h2-11,16,26H,12-15H2,1H3,(H,29,30). The first-order valence-electron chi connectivity index (χ1n) is 10.5. The number of hydrogen-bond acceptors (Lipinski definition) is 5. The second-order valence-corrected chi connectivity index (χ2v) is 9.97. The highest BCUT2D eigenvalue weighted by Crippen LogP contribution is 2.30. The predicted molar refractivity (Wildman–Crippen MR) is 131 cm³/mol. The van der Waals surface area contributed by atoms with Crippen molar-refractivity contribution in [3.05, 3.63) is 82.9 Å². The van der Waals surface area contributed by atoms with Crippen LogP contribution in [0.4, 0.5) is 17.1 Å². The number of nitrogens with one attached hydrogen (secondary N) is 1. The second-order valence-electron chi connectivity index (χ2n) is 7.88. The summed E-state index contributed by atoms with van der Waals surface area (Å²) in [5, 5.41) is 10.5. The van der Waals surface area contributed by atoms with Gasteiger partial charge in [-0.2, -0.15) is 0 Å². The maximum absolute atomic E-state index is 12.7. The molecule has 0 amide bonds. The van der Waals surface area contributed by atoms with E-state index in [4.69, 9.17) is 11.6 Å². The molecule has 0 aromatic heterocycles. The molecule has 1 aliphatic heterocycles. The van der Waals surface area contributed by atoms with Crippen molar-refractivity contribution in [2.75, 3.05) is 40.7 Å². The lowest BCUT2D eigenvalue weighted by atomic mass is 10.1. The summed E-state index contributed by atoms with van der Waals surface area (Å²) in [5.74, 6) is -1.12. The number of aromatic carboxylic acids is 1. The molecular weight excluding hydrogens is 462 g/mol. The van der Waals surface area contributed by atoms with Gasteiger partial charge in [0, 0.05) is 31.9 Å². The van der Waals surface area contributed by atoms with Crippen molar-refractivity contribution in [1.29, 1.82) is 0 Å². The smallest absolute Gasteiger partial charge is 0.337 e. The van der Waals surface area contributed by atoms with Gasteiger partial charge < -0.3 is 14.9 Å². The van der Waals surface area contributed by atoms with E-state index in [1.807, 2.05) is 36.1 Å². The fourth-order valence-corrected chi connectivity index (χ4v) is 5.18. The number of carbonyl (C=O) groups is 1. The lowest BCUT2D eigenvalue weighted by molar-refractivity contribution is 0.0697. The van der Waals surface area contributed by atoms with E-state index in [9.17, 15) is 18.3 Å². The van der Waals surface area contributed by atoms with Crippen LogP contribution in [0.25, 0.3) is 0 Å². The highest BCUT2D eigenvalue weighted by atomic mass is 35.5. The van der Waals surface area contributed by atoms with Gasteiger partial charge in [0.2, 0.25) is 0 Å². The molecule has 4 rings (SSSR count). The van der Waals surface area contributed by atoms with Gasteiger partial charge in [-0.3, -0.25) is 4.72 Å². The Kier molecular flexibility index (Phi) is 6.49. The molecular formula is C24H24ClN3O4S. The van der Waals surface area contributed by atoms with Crippen LogP contribution in [0.2, 0.25) is 5.02 Å². The molecule has 0 unspecified atom stereocenters.